The molecule has 0 heterocycles. The summed E-state index contributed by atoms with van der Waals surface area (Å²) in [7, 11) is 0. The van der Waals surface area contributed by atoms with Crippen molar-refractivity contribution in [2.45, 2.75) is 24.5 Å². The second kappa shape index (κ2) is 5.68. The molecule has 18 heavy (non-hydrogen) atoms. The van der Waals surface area contributed by atoms with Gasteiger partial charge in [-0.2, -0.15) is 0 Å². The molecule has 0 atom stereocenters. The van der Waals surface area contributed by atoms with Gasteiger partial charge in [0.25, 0.3) is 0 Å². The monoisotopic (exact) mass is 277 g/mol. The van der Waals surface area contributed by atoms with E-state index in [-0.39, 0.29) is 0 Å². The Bertz CT molecular complexity index is 566. The van der Waals surface area contributed by atoms with Crippen molar-refractivity contribution in [3.8, 4) is 0 Å². The molecule has 1 nitrogen and oxygen atoms in total. The minimum Gasteiger partial charge on any atom is -0.398 e. The highest BCUT2D eigenvalue weighted by Crippen LogP contribution is 2.32. The Morgan fingerprint density at radius 3 is 2.56 bits per heavy atom. The Balaban J connectivity index is 2.16. The molecule has 0 fully saturated rings. The smallest absolute Gasteiger partial charge is 0.0646 e. The summed E-state index contributed by atoms with van der Waals surface area (Å²) in [5.41, 5.74) is 10.3. The van der Waals surface area contributed by atoms with Gasteiger partial charge in [0.1, 0.15) is 0 Å². The minimum atomic E-state index is 0.632. The van der Waals surface area contributed by atoms with Gasteiger partial charge < -0.3 is 5.73 Å². The van der Waals surface area contributed by atoms with Gasteiger partial charge in [-0.15, -0.1) is 11.8 Å². The highest BCUT2D eigenvalue weighted by molar-refractivity contribution is 7.98. The molecule has 0 radical (unpaired) electrons. The number of nitrogens with two attached hydrogens (primary N) is 1. The summed E-state index contributed by atoms with van der Waals surface area (Å²) in [4.78, 5) is 1.19. The molecular formula is C15H16ClNS. The third-order valence-corrected chi connectivity index (χ3v) is 4.47. The van der Waals surface area contributed by atoms with Gasteiger partial charge in [-0.25, -0.2) is 0 Å². The number of aryl methyl sites for hydroxylation is 2. The molecule has 0 amide bonds. The first-order valence-corrected chi connectivity index (χ1v) is 7.17. The number of anilines is 1. The molecule has 0 aliphatic heterocycles. The van der Waals surface area contributed by atoms with Crippen LogP contribution in [0.3, 0.4) is 0 Å². The van der Waals surface area contributed by atoms with Crippen molar-refractivity contribution >= 4 is 29.1 Å². The van der Waals surface area contributed by atoms with Crippen molar-refractivity contribution in [2.75, 3.05) is 5.73 Å². The van der Waals surface area contributed by atoms with Gasteiger partial charge in [0.05, 0.1) is 10.7 Å². The third kappa shape index (κ3) is 3.01. The van der Waals surface area contributed by atoms with Gasteiger partial charge in [0.15, 0.2) is 0 Å². The largest absolute Gasteiger partial charge is 0.398 e. The fourth-order valence-electron chi connectivity index (χ4n) is 1.77. The van der Waals surface area contributed by atoms with E-state index < -0.39 is 0 Å². The van der Waals surface area contributed by atoms with E-state index in [9.17, 15) is 0 Å². The first-order chi connectivity index (χ1) is 8.58. The minimum absolute atomic E-state index is 0.632. The van der Waals surface area contributed by atoms with Gasteiger partial charge in [0.2, 0.25) is 0 Å². The summed E-state index contributed by atoms with van der Waals surface area (Å²) in [6.45, 7) is 4.20. The van der Waals surface area contributed by atoms with E-state index in [0.29, 0.717) is 10.7 Å². The fraction of sp³-hybridized carbons (Fsp3) is 0.200. The first-order valence-electron chi connectivity index (χ1n) is 5.81. The molecule has 0 saturated carbocycles. The lowest BCUT2D eigenvalue weighted by Gasteiger charge is -2.09. The Morgan fingerprint density at radius 1 is 1.11 bits per heavy atom. The Labute approximate surface area is 117 Å². The first kappa shape index (κ1) is 13.3. The van der Waals surface area contributed by atoms with E-state index in [2.05, 4.69) is 38.1 Å². The van der Waals surface area contributed by atoms with Crippen molar-refractivity contribution in [2.24, 2.45) is 0 Å². The average molecular weight is 278 g/mol. The molecule has 0 spiro atoms. The quantitative estimate of drug-likeness (QED) is 0.642. The highest BCUT2D eigenvalue weighted by atomic mass is 35.5. The van der Waals surface area contributed by atoms with Crippen molar-refractivity contribution < 1.29 is 0 Å². The van der Waals surface area contributed by atoms with Crippen LogP contribution in [0.5, 0.6) is 0 Å². The zero-order chi connectivity index (χ0) is 13.1. The summed E-state index contributed by atoms with van der Waals surface area (Å²) in [5, 5.41) is 0.632. The molecule has 2 aromatic carbocycles. The van der Waals surface area contributed by atoms with E-state index in [4.69, 9.17) is 17.3 Å². The Morgan fingerprint density at radius 2 is 1.83 bits per heavy atom. The maximum atomic E-state index is 6.06. The number of thioether (sulfide) groups is 1. The summed E-state index contributed by atoms with van der Waals surface area (Å²) in [6, 6.07) is 12.3. The number of rotatable bonds is 3. The van der Waals surface area contributed by atoms with Crippen LogP contribution < -0.4 is 5.73 Å². The lowest BCUT2D eigenvalue weighted by atomic mass is 10.1. The topological polar surface area (TPSA) is 26.0 Å². The Hall–Kier alpha value is -1.12. The molecular weight excluding hydrogens is 262 g/mol. The maximum Gasteiger partial charge on any atom is 0.0646 e. The van der Waals surface area contributed by atoms with Crippen LogP contribution >= 0.6 is 23.4 Å². The predicted octanol–water partition coefficient (Wildman–Crippen LogP) is 4.83. The van der Waals surface area contributed by atoms with E-state index in [1.54, 1.807) is 11.8 Å². The number of benzene rings is 2. The van der Waals surface area contributed by atoms with Crippen LogP contribution in [0.1, 0.15) is 16.7 Å². The lowest BCUT2D eigenvalue weighted by Crippen LogP contribution is -1.91. The van der Waals surface area contributed by atoms with Gasteiger partial charge in [0, 0.05) is 10.6 Å². The summed E-state index contributed by atoms with van der Waals surface area (Å²) in [6.07, 6.45) is 0. The molecule has 2 N–H and O–H groups in total. The molecule has 3 heteroatoms. The van der Waals surface area contributed by atoms with E-state index in [1.165, 1.54) is 21.6 Å². The molecule has 2 rings (SSSR count). The molecule has 94 valence electrons. The van der Waals surface area contributed by atoms with Crippen molar-refractivity contribution in [1.29, 1.82) is 0 Å². The van der Waals surface area contributed by atoms with Crippen molar-refractivity contribution in [1.82, 2.24) is 0 Å². The van der Waals surface area contributed by atoms with Crippen LogP contribution in [0.15, 0.2) is 41.3 Å². The fourth-order valence-corrected chi connectivity index (χ4v) is 3.12. The van der Waals surface area contributed by atoms with Crippen LogP contribution in [-0.4, -0.2) is 0 Å². The second-order valence-electron chi connectivity index (χ2n) is 4.35. The molecule has 2 aromatic rings. The predicted molar refractivity (Wildman–Crippen MR) is 81.3 cm³/mol. The zero-order valence-electron chi connectivity index (χ0n) is 10.5. The Kier molecular flexibility index (Phi) is 4.20. The molecule has 0 saturated heterocycles. The van der Waals surface area contributed by atoms with E-state index in [0.717, 1.165) is 5.75 Å². The number of hydrogen-bond donors (Lipinski definition) is 1. The number of halogens is 1. The van der Waals surface area contributed by atoms with Gasteiger partial charge in [-0.05, 0) is 42.7 Å². The van der Waals surface area contributed by atoms with Crippen LogP contribution in [0.4, 0.5) is 5.69 Å². The summed E-state index contributed by atoms with van der Waals surface area (Å²) in [5.74, 6) is 0.952. The van der Waals surface area contributed by atoms with Crippen LogP contribution in [-0.2, 0) is 5.75 Å². The van der Waals surface area contributed by atoms with Gasteiger partial charge >= 0.3 is 0 Å². The lowest BCUT2D eigenvalue weighted by molar-refractivity contribution is 1.27. The van der Waals surface area contributed by atoms with Gasteiger partial charge in [-0.3, -0.25) is 0 Å². The van der Waals surface area contributed by atoms with Crippen molar-refractivity contribution in [3.63, 3.8) is 0 Å². The summed E-state index contributed by atoms with van der Waals surface area (Å²) >= 11 is 7.86. The molecule has 0 unspecified atom stereocenters. The number of hydrogen-bond acceptors (Lipinski definition) is 2. The van der Waals surface area contributed by atoms with Crippen molar-refractivity contribution in [3.05, 3.63) is 58.1 Å². The summed E-state index contributed by atoms with van der Waals surface area (Å²) < 4.78 is 0. The van der Waals surface area contributed by atoms with Crippen LogP contribution in [0, 0.1) is 13.8 Å². The molecule has 0 bridgehead atoms. The third-order valence-electron chi connectivity index (χ3n) is 2.94. The van der Waals surface area contributed by atoms with E-state index in [1.807, 2.05) is 12.1 Å². The zero-order valence-corrected chi connectivity index (χ0v) is 12.1. The highest BCUT2D eigenvalue weighted by Gasteiger charge is 2.05. The van der Waals surface area contributed by atoms with Crippen LogP contribution in [0.2, 0.25) is 5.02 Å². The molecule has 0 aromatic heterocycles. The standard InChI is InChI=1S/C15H16ClNS/c1-10-5-3-4-6-12(10)9-18-15-8-13(16)14(17)7-11(15)2/h3-8H,9,17H2,1-2H3. The number of nitrogen functional groups attached to an aromatic ring is 1. The van der Waals surface area contributed by atoms with E-state index >= 15 is 0 Å². The van der Waals surface area contributed by atoms with Gasteiger partial charge in [-0.1, -0.05) is 35.9 Å². The average Bonchev–Trinajstić information content (AvgIpc) is 2.34. The van der Waals surface area contributed by atoms with Crippen LogP contribution in [0.25, 0.3) is 0 Å². The maximum absolute atomic E-state index is 6.06. The SMILES string of the molecule is Cc1ccccc1CSc1cc(Cl)c(N)cc1C. The molecule has 0 aliphatic rings. The second-order valence-corrected chi connectivity index (χ2v) is 5.78. The molecule has 0 aliphatic carbocycles. The normalized spacial score (nSPS) is 10.6.